The summed E-state index contributed by atoms with van der Waals surface area (Å²) in [6.45, 7) is 0. The van der Waals surface area contributed by atoms with Crippen molar-refractivity contribution < 1.29 is 29.4 Å². The lowest BCUT2D eigenvalue weighted by Gasteiger charge is -2.45. The molecule has 1 fully saturated rings. The second kappa shape index (κ2) is 8.36. The van der Waals surface area contributed by atoms with Gasteiger partial charge in [-0.1, -0.05) is 49.2 Å². The molecular formula is C22H22N2O6. The minimum Gasteiger partial charge on any atom is -0.480 e. The second-order valence-electron chi connectivity index (χ2n) is 7.27. The van der Waals surface area contributed by atoms with Crippen molar-refractivity contribution >= 4 is 35.1 Å². The third-order valence-corrected chi connectivity index (χ3v) is 5.65. The zero-order valence-corrected chi connectivity index (χ0v) is 16.1. The first-order valence-electron chi connectivity index (χ1n) is 9.54. The highest BCUT2D eigenvalue weighted by atomic mass is 16.4. The summed E-state index contributed by atoms with van der Waals surface area (Å²) in [5, 5.41) is 25.1. The number of amides is 2. The van der Waals surface area contributed by atoms with Crippen LogP contribution in [0.2, 0.25) is 0 Å². The number of carboxylic acids is 2. The maximum atomic E-state index is 13.4. The average molecular weight is 410 g/mol. The molecule has 30 heavy (non-hydrogen) atoms. The third kappa shape index (κ3) is 3.41. The Hall–Kier alpha value is -3.68. The summed E-state index contributed by atoms with van der Waals surface area (Å²) in [5.74, 6) is -5.32. The first-order chi connectivity index (χ1) is 14.3. The SMILES string of the molecule is O=C(O)C1(C(=O)O)CCCCC1(C(=O)Nc1ccccc1)C(=O)Nc1ccccc1. The fourth-order valence-electron chi connectivity index (χ4n) is 4.11. The second-order valence-corrected chi connectivity index (χ2v) is 7.27. The zero-order valence-electron chi connectivity index (χ0n) is 16.1. The van der Waals surface area contributed by atoms with Gasteiger partial charge in [-0.05, 0) is 37.1 Å². The minimum absolute atomic E-state index is 0.205. The fourth-order valence-corrected chi connectivity index (χ4v) is 4.11. The fraction of sp³-hybridized carbons (Fsp3) is 0.273. The number of anilines is 2. The van der Waals surface area contributed by atoms with E-state index in [9.17, 15) is 29.4 Å². The van der Waals surface area contributed by atoms with Crippen LogP contribution in [0.4, 0.5) is 11.4 Å². The molecule has 0 bridgehead atoms. The van der Waals surface area contributed by atoms with Crippen LogP contribution >= 0.6 is 0 Å². The molecule has 1 saturated carbocycles. The van der Waals surface area contributed by atoms with Crippen LogP contribution in [0.3, 0.4) is 0 Å². The summed E-state index contributed by atoms with van der Waals surface area (Å²) in [5.41, 5.74) is -4.26. The summed E-state index contributed by atoms with van der Waals surface area (Å²) in [4.78, 5) is 51.5. The van der Waals surface area contributed by atoms with Crippen LogP contribution < -0.4 is 10.6 Å². The standard InChI is InChI=1S/C22H22N2O6/c25-17(23-15-9-3-1-4-10-15)21(18(26)24-16-11-5-2-6-12-16)13-7-8-14-22(21,19(27)28)20(29)30/h1-6,9-12H,7-8,13-14H2,(H,23,25)(H,24,26)(H,27,28)(H,29,30). The predicted octanol–water partition coefficient (Wildman–Crippen LogP) is 2.98. The summed E-state index contributed by atoms with van der Waals surface area (Å²) in [6.07, 6.45) is 0.0787. The Morgan fingerprint density at radius 3 is 1.37 bits per heavy atom. The van der Waals surface area contributed by atoms with Gasteiger partial charge in [0, 0.05) is 11.4 Å². The number of hydrogen-bond acceptors (Lipinski definition) is 4. The van der Waals surface area contributed by atoms with Gasteiger partial charge in [0.05, 0.1) is 0 Å². The molecule has 0 atom stereocenters. The first-order valence-corrected chi connectivity index (χ1v) is 9.54. The van der Waals surface area contributed by atoms with E-state index < -0.39 is 34.6 Å². The highest BCUT2D eigenvalue weighted by Gasteiger charge is 2.70. The van der Waals surface area contributed by atoms with Gasteiger partial charge in [-0.3, -0.25) is 19.2 Å². The lowest BCUT2D eigenvalue weighted by Crippen LogP contribution is -2.65. The molecule has 3 rings (SSSR count). The van der Waals surface area contributed by atoms with Gasteiger partial charge in [-0.15, -0.1) is 0 Å². The number of nitrogens with one attached hydrogen (secondary N) is 2. The van der Waals surface area contributed by atoms with Gasteiger partial charge in [0.15, 0.2) is 10.8 Å². The largest absolute Gasteiger partial charge is 0.480 e. The average Bonchev–Trinajstić information content (AvgIpc) is 2.74. The summed E-state index contributed by atoms with van der Waals surface area (Å²) >= 11 is 0. The number of aliphatic carboxylic acids is 2. The molecule has 0 aromatic heterocycles. The molecule has 156 valence electrons. The molecule has 1 aliphatic carbocycles. The van der Waals surface area contributed by atoms with E-state index in [4.69, 9.17) is 0 Å². The van der Waals surface area contributed by atoms with Gasteiger partial charge in [0.25, 0.3) is 0 Å². The Morgan fingerprint density at radius 1 is 0.633 bits per heavy atom. The van der Waals surface area contributed by atoms with Gasteiger partial charge >= 0.3 is 11.9 Å². The van der Waals surface area contributed by atoms with Crippen molar-refractivity contribution in [2.75, 3.05) is 10.6 Å². The first kappa shape index (κ1) is 21.0. The molecule has 8 nitrogen and oxygen atoms in total. The molecule has 8 heteroatoms. The van der Waals surface area contributed by atoms with Crippen LogP contribution in [0.25, 0.3) is 0 Å². The van der Waals surface area contributed by atoms with Crippen molar-refractivity contribution in [1.82, 2.24) is 0 Å². The van der Waals surface area contributed by atoms with Gasteiger partial charge < -0.3 is 20.8 Å². The number of carbonyl (C=O) groups excluding carboxylic acids is 2. The van der Waals surface area contributed by atoms with Crippen molar-refractivity contribution in [3.63, 3.8) is 0 Å². The van der Waals surface area contributed by atoms with Gasteiger partial charge in [-0.25, -0.2) is 0 Å². The van der Waals surface area contributed by atoms with E-state index in [1.807, 2.05) is 0 Å². The van der Waals surface area contributed by atoms with E-state index in [0.717, 1.165) is 0 Å². The molecule has 2 amide bonds. The summed E-state index contributed by atoms with van der Waals surface area (Å²) in [6, 6.07) is 16.4. The maximum Gasteiger partial charge on any atom is 0.322 e. The van der Waals surface area contributed by atoms with E-state index in [1.54, 1.807) is 60.7 Å². The minimum atomic E-state index is -2.59. The zero-order chi connectivity index (χ0) is 21.8. The number of rotatable bonds is 6. The molecule has 0 saturated heterocycles. The molecule has 2 aromatic carbocycles. The number of carbonyl (C=O) groups is 4. The molecule has 1 aliphatic rings. The molecule has 4 N–H and O–H groups in total. The molecule has 0 aliphatic heterocycles. The van der Waals surface area contributed by atoms with Crippen molar-refractivity contribution in [2.45, 2.75) is 25.7 Å². The Labute approximate surface area is 172 Å². The Morgan fingerprint density at radius 2 is 1.00 bits per heavy atom. The van der Waals surface area contributed by atoms with Crippen LogP contribution in [0.15, 0.2) is 60.7 Å². The monoisotopic (exact) mass is 410 g/mol. The van der Waals surface area contributed by atoms with Crippen LogP contribution in [-0.2, 0) is 19.2 Å². The summed E-state index contributed by atoms with van der Waals surface area (Å²) in [7, 11) is 0. The molecule has 0 heterocycles. The summed E-state index contributed by atoms with van der Waals surface area (Å²) < 4.78 is 0. The van der Waals surface area contributed by atoms with Crippen molar-refractivity contribution in [2.24, 2.45) is 10.8 Å². The number of carboxylic acid groups (broad SMARTS) is 2. The number of hydrogen-bond donors (Lipinski definition) is 4. The number of para-hydroxylation sites is 2. The van der Waals surface area contributed by atoms with Crippen LogP contribution in [0.5, 0.6) is 0 Å². The highest BCUT2D eigenvalue weighted by Crippen LogP contribution is 2.53. The van der Waals surface area contributed by atoms with Crippen LogP contribution in [-0.4, -0.2) is 34.0 Å². The Bertz CT molecular complexity index is 891. The molecule has 0 radical (unpaired) electrons. The quantitative estimate of drug-likeness (QED) is 0.541. The van der Waals surface area contributed by atoms with Crippen molar-refractivity contribution in [3.05, 3.63) is 60.7 Å². The maximum absolute atomic E-state index is 13.4. The molecular weight excluding hydrogens is 388 g/mol. The van der Waals surface area contributed by atoms with Crippen LogP contribution in [0, 0.1) is 10.8 Å². The molecule has 0 unspecified atom stereocenters. The highest BCUT2D eigenvalue weighted by molar-refractivity contribution is 6.22. The van der Waals surface area contributed by atoms with Crippen LogP contribution in [0.1, 0.15) is 25.7 Å². The normalized spacial score (nSPS) is 16.8. The third-order valence-electron chi connectivity index (χ3n) is 5.65. The predicted molar refractivity (Wildman–Crippen MR) is 109 cm³/mol. The topological polar surface area (TPSA) is 133 Å². The van der Waals surface area contributed by atoms with Crippen molar-refractivity contribution in [3.8, 4) is 0 Å². The van der Waals surface area contributed by atoms with E-state index in [0.29, 0.717) is 17.8 Å². The molecule has 2 aromatic rings. The number of benzene rings is 2. The Kier molecular flexibility index (Phi) is 5.86. The van der Waals surface area contributed by atoms with Gasteiger partial charge in [0.2, 0.25) is 11.8 Å². The van der Waals surface area contributed by atoms with E-state index in [1.165, 1.54) is 0 Å². The smallest absolute Gasteiger partial charge is 0.322 e. The van der Waals surface area contributed by atoms with E-state index in [-0.39, 0.29) is 19.3 Å². The van der Waals surface area contributed by atoms with E-state index in [2.05, 4.69) is 10.6 Å². The van der Waals surface area contributed by atoms with E-state index >= 15 is 0 Å². The van der Waals surface area contributed by atoms with Gasteiger partial charge in [0.1, 0.15) is 0 Å². The van der Waals surface area contributed by atoms with Crippen molar-refractivity contribution in [1.29, 1.82) is 0 Å². The Balaban J connectivity index is 2.13. The molecule has 0 spiro atoms. The van der Waals surface area contributed by atoms with Gasteiger partial charge in [-0.2, -0.15) is 0 Å². The lowest BCUT2D eigenvalue weighted by molar-refractivity contribution is -0.186. The lowest BCUT2D eigenvalue weighted by atomic mass is 9.54.